The molecule has 106 valence electrons. The summed E-state index contributed by atoms with van der Waals surface area (Å²) in [5.74, 6) is -0.623. The minimum Gasteiger partial charge on any atom is -0.268 e. The Morgan fingerprint density at radius 3 is 2.14 bits per heavy atom. The molecule has 0 N–H and O–H groups in total. The zero-order chi connectivity index (χ0) is 15.1. The lowest BCUT2D eigenvalue weighted by Crippen LogP contribution is -2.31. The summed E-state index contributed by atoms with van der Waals surface area (Å²) >= 11 is 11.5. The number of carbonyl (C=O) groups is 2. The minimum atomic E-state index is -0.813. The second kappa shape index (κ2) is 5.09. The van der Waals surface area contributed by atoms with E-state index < -0.39 is 16.7 Å². The number of amides is 2. The lowest BCUT2D eigenvalue weighted by Gasteiger charge is -2.15. The number of imide groups is 1. The Morgan fingerprint density at radius 1 is 1.10 bits per heavy atom. The zero-order valence-corrected chi connectivity index (χ0v) is 12.4. The van der Waals surface area contributed by atoms with Gasteiger partial charge < -0.3 is 0 Å². The van der Waals surface area contributed by atoms with Crippen LogP contribution in [0, 0.1) is 6.92 Å². The van der Waals surface area contributed by atoms with Gasteiger partial charge in [0, 0.05) is 0 Å². The molecule has 3 rings (SSSR count). The molecule has 0 fully saturated rings. The Morgan fingerprint density at radius 2 is 1.67 bits per heavy atom. The number of carbonyl (C=O) groups excluding carboxylic acids is 2. The van der Waals surface area contributed by atoms with Gasteiger partial charge >= 0.3 is 0 Å². The van der Waals surface area contributed by atoms with Gasteiger partial charge in [0.15, 0.2) is 10.7 Å². The largest absolute Gasteiger partial charge is 0.268 e. The Balaban J connectivity index is 2.07. The molecule has 1 aliphatic heterocycles. The number of hydrogen-bond acceptors (Lipinski definition) is 4. The van der Waals surface area contributed by atoms with Crippen molar-refractivity contribution in [1.29, 1.82) is 0 Å². The van der Waals surface area contributed by atoms with Crippen molar-refractivity contribution in [2.24, 2.45) is 0 Å². The maximum absolute atomic E-state index is 12.4. The van der Waals surface area contributed by atoms with Crippen molar-refractivity contribution in [2.75, 3.05) is 4.90 Å². The number of fused-ring (bicyclic) bond motifs is 1. The minimum absolute atomic E-state index is 0.193. The van der Waals surface area contributed by atoms with E-state index in [0.29, 0.717) is 22.5 Å². The molecule has 0 unspecified atom stereocenters. The maximum Gasteiger partial charge on any atom is 0.267 e. The Hall–Kier alpha value is -1.98. The summed E-state index contributed by atoms with van der Waals surface area (Å²) in [6, 6.07) is 6.64. The molecule has 0 atom stereocenters. The zero-order valence-electron chi connectivity index (χ0n) is 10.9. The van der Waals surface area contributed by atoms with Gasteiger partial charge in [0.25, 0.3) is 11.8 Å². The standard InChI is InChI=1S/C14H9Cl2N3O2/c1-7-12(17-6-10(18-7)11(15)16)19-13(20)8-4-2-3-5-9(8)14(19)21/h2-6,11H,1H3. The number of halogens is 2. The molecule has 0 saturated heterocycles. The third-order valence-corrected chi connectivity index (χ3v) is 3.62. The third kappa shape index (κ3) is 2.18. The van der Waals surface area contributed by atoms with Crippen molar-refractivity contribution in [2.45, 2.75) is 11.8 Å². The highest BCUT2D eigenvalue weighted by Crippen LogP contribution is 2.30. The van der Waals surface area contributed by atoms with E-state index in [1.165, 1.54) is 6.20 Å². The Labute approximate surface area is 130 Å². The van der Waals surface area contributed by atoms with E-state index in [1.54, 1.807) is 31.2 Å². The second-order valence-electron chi connectivity index (χ2n) is 4.50. The molecule has 0 radical (unpaired) electrons. The van der Waals surface area contributed by atoms with E-state index in [9.17, 15) is 9.59 Å². The predicted octanol–water partition coefficient (Wildman–Crippen LogP) is 3.06. The van der Waals surface area contributed by atoms with Crippen molar-refractivity contribution in [1.82, 2.24) is 9.97 Å². The van der Waals surface area contributed by atoms with Crippen LogP contribution >= 0.6 is 23.2 Å². The average Bonchev–Trinajstić information content (AvgIpc) is 2.72. The molecule has 2 amide bonds. The first kappa shape index (κ1) is 14.0. The van der Waals surface area contributed by atoms with Crippen LogP contribution in [0.15, 0.2) is 30.5 Å². The van der Waals surface area contributed by atoms with Crippen LogP contribution in [-0.4, -0.2) is 21.8 Å². The number of aryl methyl sites for hydroxylation is 1. The highest BCUT2D eigenvalue weighted by molar-refractivity contribution is 6.43. The quantitative estimate of drug-likeness (QED) is 0.630. The number of alkyl halides is 2. The van der Waals surface area contributed by atoms with Gasteiger partial charge in [-0.25, -0.2) is 14.9 Å². The predicted molar refractivity (Wildman–Crippen MR) is 78.8 cm³/mol. The molecular weight excluding hydrogens is 313 g/mol. The first-order chi connectivity index (χ1) is 10.0. The van der Waals surface area contributed by atoms with E-state index in [1.807, 2.05) is 0 Å². The van der Waals surface area contributed by atoms with E-state index in [-0.39, 0.29) is 5.82 Å². The fourth-order valence-electron chi connectivity index (χ4n) is 2.20. The molecule has 0 aliphatic carbocycles. The van der Waals surface area contributed by atoms with Crippen molar-refractivity contribution >= 4 is 40.8 Å². The summed E-state index contributed by atoms with van der Waals surface area (Å²) in [7, 11) is 0. The third-order valence-electron chi connectivity index (χ3n) is 3.17. The topological polar surface area (TPSA) is 63.2 Å². The molecule has 0 saturated carbocycles. The van der Waals surface area contributed by atoms with Crippen LogP contribution in [0.5, 0.6) is 0 Å². The lowest BCUT2D eigenvalue weighted by molar-refractivity contribution is 0.0924. The number of rotatable bonds is 2. The fourth-order valence-corrected chi connectivity index (χ4v) is 2.41. The molecule has 1 aliphatic rings. The molecule has 1 aromatic carbocycles. The summed E-state index contributed by atoms with van der Waals surface area (Å²) in [6.07, 6.45) is 1.36. The summed E-state index contributed by atoms with van der Waals surface area (Å²) in [5.41, 5.74) is 1.50. The summed E-state index contributed by atoms with van der Waals surface area (Å²) in [4.78, 5) is 33.2. The van der Waals surface area contributed by atoms with Gasteiger partial charge in [-0.2, -0.15) is 0 Å². The average molecular weight is 322 g/mol. The number of aromatic nitrogens is 2. The van der Waals surface area contributed by atoms with Crippen LogP contribution in [0.3, 0.4) is 0 Å². The summed E-state index contributed by atoms with van der Waals surface area (Å²) < 4.78 is 0. The van der Waals surface area contributed by atoms with Gasteiger partial charge in [-0.15, -0.1) is 0 Å². The molecule has 0 bridgehead atoms. The van der Waals surface area contributed by atoms with Crippen molar-refractivity contribution in [3.8, 4) is 0 Å². The first-order valence-corrected chi connectivity index (χ1v) is 6.97. The van der Waals surface area contributed by atoms with Crippen LogP contribution in [0.4, 0.5) is 5.82 Å². The Bertz CT molecular complexity index is 727. The van der Waals surface area contributed by atoms with E-state index in [0.717, 1.165) is 4.90 Å². The highest BCUT2D eigenvalue weighted by Gasteiger charge is 2.38. The molecule has 0 spiro atoms. The van der Waals surface area contributed by atoms with Gasteiger partial charge in [0.1, 0.15) is 0 Å². The second-order valence-corrected chi connectivity index (χ2v) is 5.59. The SMILES string of the molecule is Cc1nc(C(Cl)Cl)cnc1N1C(=O)c2ccccc2C1=O. The van der Waals surface area contributed by atoms with E-state index in [2.05, 4.69) is 9.97 Å². The first-order valence-electron chi connectivity index (χ1n) is 6.10. The summed E-state index contributed by atoms with van der Waals surface area (Å²) in [5, 5.41) is 0. The van der Waals surface area contributed by atoms with Crippen LogP contribution in [0.2, 0.25) is 0 Å². The van der Waals surface area contributed by atoms with Crippen LogP contribution in [-0.2, 0) is 0 Å². The van der Waals surface area contributed by atoms with Crippen molar-refractivity contribution in [3.63, 3.8) is 0 Å². The normalized spacial score (nSPS) is 14.0. The van der Waals surface area contributed by atoms with Gasteiger partial charge in [-0.3, -0.25) is 9.59 Å². The molecule has 21 heavy (non-hydrogen) atoms. The van der Waals surface area contributed by atoms with Crippen molar-refractivity contribution in [3.05, 3.63) is 53.0 Å². The summed E-state index contributed by atoms with van der Waals surface area (Å²) in [6.45, 7) is 1.64. The van der Waals surface area contributed by atoms with Crippen LogP contribution in [0.25, 0.3) is 0 Å². The molecular formula is C14H9Cl2N3O2. The van der Waals surface area contributed by atoms with Gasteiger partial charge in [0.2, 0.25) is 0 Å². The fraction of sp³-hybridized carbons (Fsp3) is 0.143. The van der Waals surface area contributed by atoms with Gasteiger partial charge in [-0.05, 0) is 19.1 Å². The number of benzene rings is 1. The van der Waals surface area contributed by atoms with E-state index >= 15 is 0 Å². The van der Waals surface area contributed by atoms with Gasteiger partial charge in [-0.1, -0.05) is 35.3 Å². The lowest BCUT2D eigenvalue weighted by atomic mass is 10.1. The molecule has 2 aromatic rings. The number of anilines is 1. The monoisotopic (exact) mass is 321 g/mol. The number of nitrogens with zero attached hydrogens (tertiary/aromatic N) is 3. The van der Waals surface area contributed by atoms with Crippen LogP contribution < -0.4 is 4.90 Å². The smallest absolute Gasteiger partial charge is 0.267 e. The van der Waals surface area contributed by atoms with Crippen molar-refractivity contribution < 1.29 is 9.59 Å². The molecule has 2 heterocycles. The van der Waals surface area contributed by atoms with Crippen LogP contribution in [0.1, 0.15) is 36.9 Å². The maximum atomic E-state index is 12.4. The molecule has 5 nitrogen and oxygen atoms in total. The van der Waals surface area contributed by atoms with E-state index in [4.69, 9.17) is 23.2 Å². The number of hydrogen-bond donors (Lipinski definition) is 0. The van der Waals surface area contributed by atoms with Gasteiger partial charge in [0.05, 0.1) is 28.7 Å². The molecule has 7 heteroatoms. The highest BCUT2D eigenvalue weighted by atomic mass is 35.5. The molecule has 1 aromatic heterocycles. The Kier molecular flexibility index (Phi) is 3.39.